The topological polar surface area (TPSA) is 51.5 Å². The van der Waals surface area contributed by atoms with Crippen molar-refractivity contribution in [3.05, 3.63) is 23.0 Å². The summed E-state index contributed by atoms with van der Waals surface area (Å²) in [5, 5.41) is 0.529. The quantitative estimate of drug-likeness (QED) is 0.759. The van der Waals surface area contributed by atoms with E-state index in [-0.39, 0.29) is 24.3 Å². The number of hydrogen-bond donors (Lipinski definition) is 0. The van der Waals surface area contributed by atoms with E-state index in [2.05, 4.69) is 0 Å². The monoisotopic (exact) mass is 300 g/mol. The number of carbonyl (C=O) groups is 2. The molecule has 0 radical (unpaired) electrons. The molecule has 0 atom stereocenters. The Kier molecular flexibility index (Phi) is 6.07. The Morgan fingerprint density at radius 3 is 2.65 bits per heavy atom. The lowest BCUT2D eigenvalue weighted by atomic mass is 10.3. The van der Waals surface area contributed by atoms with Crippen LogP contribution in [-0.2, 0) is 9.53 Å². The summed E-state index contributed by atoms with van der Waals surface area (Å²) in [5.41, 5.74) is 0.524. The Labute approximate surface area is 124 Å². The highest BCUT2D eigenvalue weighted by Gasteiger charge is 2.19. The summed E-state index contributed by atoms with van der Waals surface area (Å²) < 4.78 is 6.67. The molecule has 0 spiro atoms. The van der Waals surface area contributed by atoms with E-state index in [1.807, 2.05) is 18.4 Å². The van der Waals surface area contributed by atoms with Gasteiger partial charge in [-0.05, 0) is 26.8 Å². The standard InChI is InChI=1S/C14H21ClN2O3/c1-5-20-13(18)6-7-16(4)14(19)12-8-11(15)9-17(12)10(2)3/h8-10H,5-7H2,1-4H3. The zero-order chi connectivity index (χ0) is 15.3. The van der Waals surface area contributed by atoms with Gasteiger partial charge in [-0.1, -0.05) is 11.6 Å². The van der Waals surface area contributed by atoms with Gasteiger partial charge in [0.25, 0.3) is 5.91 Å². The van der Waals surface area contributed by atoms with Crippen molar-refractivity contribution in [1.29, 1.82) is 0 Å². The Morgan fingerprint density at radius 2 is 2.10 bits per heavy atom. The predicted molar refractivity (Wildman–Crippen MR) is 78.0 cm³/mol. The van der Waals surface area contributed by atoms with Crippen LogP contribution in [0.1, 0.15) is 43.7 Å². The molecule has 0 saturated carbocycles. The first-order valence-corrected chi connectivity index (χ1v) is 7.03. The number of carbonyl (C=O) groups excluding carboxylic acids is 2. The molecule has 20 heavy (non-hydrogen) atoms. The van der Waals surface area contributed by atoms with Gasteiger partial charge in [-0.15, -0.1) is 0 Å². The molecule has 0 fully saturated rings. The molecule has 0 saturated heterocycles. The van der Waals surface area contributed by atoms with Crippen LogP contribution in [0.15, 0.2) is 12.3 Å². The molecular weight excluding hydrogens is 280 g/mol. The minimum atomic E-state index is -0.301. The Hall–Kier alpha value is -1.49. The second-order valence-corrected chi connectivity index (χ2v) is 5.26. The Balaban J connectivity index is 2.72. The summed E-state index contributed by atoms with van der Waals surface area (Å²) in [4.78, 5) is 25.1. The maximum absolute atomic E-state index is 12.3. The van der Waals surface area contributed by atoms with Gasteiger partial charge in [0.15, 0.2) is 0 Å². The van der Waals surface area contributed by atoms with E-state index in [1.54, 1.807) is 26.2 Å². The van der Waals surface area contributed by atoms with Crippen LogP contribution < -0.4 is 0 Å². The van der Waals surface area contributed by atoms with E-state index in [0.717, 1.165) is 0 Å². The number of rotatable bonds is 6. The van der Waals surface area contributed by atoms with Gasteiger partial charge in [-0.3, -0.25) is 9.59 Å². The zero-order valence-electron chi connectivity index (χ0n) is 12.4. The van der Waals surface area contributed by atoms with Crippen LogP contribution in [0.5, 0.6) is 0 Å². The summed E-state index contributed by atoms with van der Waals surface area (Å²) in [6.45, 7) is 6.38. The molecule has 6 heteroatoms. The average molecular weight is 301 g/mol. The summed E-state index contributed by atoms with van der Waals surface area (Å²) in [7, 11) is 1.66. The van der Waals surface area contributed by atoms with E-state index < -0.39 is 0 Å². The van der Waals surface area contributed by atoms with Crippen molar-refractivity contribution < 1.29 is 14.3 Å². The second-order valence-electron chi connectivity index (χ2n) is 4.83. The van der Waals surface area contributed by atoms with Gasteiger partial charge in [0.05, 0.1) is 18.1 Å². The van der Waals surface area contributed by atoms with Gasteiger partial charge in [0.2, 0.25) is 0 Å². The van der Waals surface area contributed by atoms with Crippen LogP contribution >= 0.6 is 11.6 Å². The third-order valence-electron chi connectivity index (χ3n) is 2.89. The molecule has 0 N–H and O–H groups in total. The van der Waals surface area contributed by atoms with Gasteiger partial charge in [0.1, 0.15) is 5.69 Å². The lowest BCUT2D eigenvalue weighted by Crippen LogP contribution is -2.31. The SMILES string of the molecule is CCOC(=O)CCN(C)C(=O)c1cc(Cl)cn1C(C)C. The number of halogens is 1. The lowest BCUT2D eigenvalue weighted by Gasteiger charge is -2.19. The highest BCUT2D eigenvalue weighted by atomic mass is 35.5. The molecule has 0 aliphatic heterocycles. The van der Waals surface area contributed by atoms with Gasteiger partial charge < -0.3 is 14.2 Å². The first kappa shape index (κ1) is 16.6. The van der Waals surface area contributed by atoms with Gasteiger partial charge >= 0.3 is 5.97 Å². The van der Waals surface area contributed by atoms with Crippen molar-refractivity contribution in [1.82, 2.24) is 9.47 Å². The Morgan fingerprint density at radius 1 is 1.45 bits per heavy atom. The van der Waals surface area contributed by atoms with Crippen LogP contribution in [0, 0.1) is 0 Å². The summed E-state index contributed by atoms with van der Waals surface area (Å²) in [6.07, 6.45) is 1.92. The van der Waals surface area contributed by atoms with Crippen LogP contribution in [0.4, 0.5) is 0 Å². The fraction of sp³-hybridized carbons (Fsp3) is 0.571. The molecule has 1 heterocycles. The highest BCUT2D eigenvalue weighted by molar-refractivity contribution is 6.31. The van der Waals surface area contributed by atoms with Crippen molar-refractivity contribution in [2.45, 2.75) is 33.2 Å². The first-order valence-electron chi connectivity index (χ1n) is 6.65. The number of aromatic nitrogens is 1. The smallest absolute Gasteiger partial charge is 0.307 e. The minimum absolute atomic E-state index is 0.139. The number of nitrogens with zero attached hydrogens (tertiary/aromatic N) is 2. The molecule has 112 valence electrons. The van der Waals surface area contributed by atoms with E-state index in [1.165, 1.54) is 4.90 Å². The summed E-state index contributed by atoms with van der Waals surface area (Å²) >= 11 is 5.96. The molecule has 1 rings (SSSR count). The van der Waals surface area contributed by atoms with E-state index in [9.17, 15) is 9.59 Å². The van der Waals surface area contributed by atoms with Crippen molar-refractivity contribution in [2.24, 2.45) is 0 Å². The van der Waals surface area contributed by atoms with E-state index in [0.29, 0.717) is 23.9 Å². The number of esters is 1. The summed E-state index contributed by atoms with van der Waals surface area (Å²) in [5.74, 6) is -0.459. The largest absolute Gasteiger partial charge is 0.466 e. The number of amides is 1. The number of ether oxygens (including phenoxy) is 1. The molecule has 0 bridgehead atoms. The average Bonchev–Trinajstić information content (AvgIpc) is 2.77. The zero-order valence-corrected chi connectivity index (χ0v) is 13.1. The molecule has 5 nitrogen and oxygen atoms in total. The first-order chi connectivity index (χ1) is 9.36. The van der Waals surface area contributed by atoms with Crippen LogP contribution in [0.2, 0.25) is 5.02 Å². The van der Waals surface area contributed by atoms with Crippen molar-refractivity contribution in [3.8, 4) is 0 Å². The van der Waals surface area contributed by atoms with Crippen LogP contribution in [0.25, 0.3) is 0 Å². The van der Waals surface area contributed by atoms with E-state index in [4.69, 9.17) is 16.3 Å². The highest BCUT2D eigenvalue weighted by Crippen LogP contribution is 2.20. The van der Waals surface area contributed by atoms with Crippen LogP contribution in [-0.4, -0.2) is 41.5 Å². The van der Waals surface area contributed by atoms with Crippen molar-refractivity contribution in [2.75, 3.05) is 20.2 Å². The van der Waals surface area contributed by atoms with Gasteiger partial charge in [-0.2, -0.15) is 0 Å². The third kappa shape index (κ3) is 4.27. The lowest BCUT2D eigenvalue weighted by molar-refractivity contribution is -0.143. The third-order valence-corrected chi connectivity index (χ3v) is 3.10. The molecule has 1 amide bonds. The van der Waals surface area contributed by atoms with Gasteiger partial charge in [0, 0.05) is 25.8 Å². The maximum atomic E-state index is 12.3. The predicted octanol–water partition coefficient (Wildman–Crippen LogP) is 2.75. The maximum Gasteiger partial charge on any atom is 0.307 e. The van der Waals surface area contributed by atoms with Crippen LogP contribution in [0.3, 0.4) is 0 Å². The minimum Gasteiger partial charge on any atom is -0.466 e. The molecule has 1 aromatic heterocycles. The molecule has 0 unspecified atom stereocenters. The normalized spacial score (nSPS) is 10.7. The molecule has 0 aromatic carbocycles. The molecule has 1 aromatic rings. The number of hydrogen-bond acceptors (Lipinski definition) is 3. The van der Waals surface area contributed by atoms with Crippen molar-refractivity contribution in [3.63, 3.8) is 0 Å². The second kappa shape index (κ2) is 7.33. The van der Waals surface area contributed by atoms with Crippen molar-refractivity contribution >= 4 is 23.5 Å². The fourth-order valence-electron chi connectivity index (χ4n) is 1.83. The molecule has 0 aliphatic rings. The molecular formula is C14H21ClN2O3. The summed E-state index contributed by atoms with van der Waals surface area (Å²) in [6, 6.07) is 1.78. The Bertz CT molecular complexity index is 483. The van der Waals surface area contributed by atoms with E-state index >= 15 is 0 Å². The van der Waals surface area contributed by atoms with Gasteiger partial charge in [-0.25, -0.2) is 0 Å². The molecule has 0 aliphatic carbocycles. The fourth-order valence-corrected chi connectivity index (χ4v) is 2.04.